The van der Waals surface area contributed by atoms with Gasteiger partial charge in [0.25, 0.3) is 0 Å². The van der Waals surface area contributed by atoms with Crippen LogP contribution in [-0.2, 0) is 10.1 Å². The van der Waals surface area contributed by atoms with Gasteiger partial charge >= 0.3 is 15.6 Å². The van der Waals surface area contributed by atoms with Gasteiger partial charge in [0.2, 0.25) is 0 Å². The molecule has 35 heavy (non-hydrogen) atoms. The summed E-state index contributed by atoms with van der Waals surface area (Å²) >= 11 is 0. The number of hydrogen-bond acceptors (Lipinski definition) is 3. The number of hydrogen-bond donors (Lipinski definition) is 0. The van der Waals surface area contributed by atoms with Gasteiger partial charge in [0.1, 0.15) is 5.75 Å². The minimum absolute atomic E-state index is 0.0537. The molecule has 8 heteroatoms. The molecular weight excluding hydrogens is 480 g/mol. The quantitative estimate of drug-likeness (QED) is 0.121. The van der Waals surface area contributed by atoms with E-state index in [9.17, 15) is 26.0 Å². The lowest BCUT2D eigenvalue weighted by Gasteiger charge is -2.31. The maximum atomic E-state index is 12.7. The van der Waals surface area contributed by atoms with E-state index in [4.69, 9.17) is 0 Å². The predicted octanol–water partition coefficient (Wildman–Crippen LogP) is 8.60. The highest BCUT2D eigenvalue weighted by atomic mass is 32.2. The fraction of sp³-hybridized carbons (Fsp3) is 0.407. The van der Waals surface area contributed by atoms with Gasteiger partial charge in [-0.1, -0.05) is 82.0 Å². The minimum atomic E-state index is -5.73. The molecule has 1 aromatic rings. The summed E-state index contributed by atoms with van der Waals surface area (Å²) in [6.07, 6.45) is 12.2. The fourth-order valence-electron chi connectivity index (χ4n) is 3.66. The van der Waals surface area contributed by atoms with E-state index in [1.807, 2.05) is 19.9 Å². The molecule has 196 valence electrons. The zero-order valence-corrected chi connectivity index (χ0v) is 21.8. The molecule has 0 spiro atoms. The number of rotatable bonds is 12. The molecular formula is C27H36F4O3S. The Morgan fingerprint density at radius 2 is 1.69 bits per heavy atom. The normalized spacial score (nSPS) is 14.7. The summed E-state index contributed by atoms with van der Waals surface area (Å²) in [4.78, 5) is 0. The molecule has 0 aliphatic carbocycles. The van der Waals surface area contributed by atoms with Gasteiger partial charge in [-0.2, -0.15) is 21.6 Å². The molecule has 0 aliphatic rings. The molecule has 0 bridgehead atoms. The Morgan fingerprint density at radius 1 is 1.11 bits per heavy atom. The van der Waals surface area contributed by atoms with Crippen molar-refractivity contribution in [1.29, 1.82) is 0 Å². The van der Waals surface area contributed by atoms with E-state index in [1.165, 1.54) is 12.1 Å². The van der Waals surface area contributed by atoms with Gasteiger partial charge in [-0.05, 0) is 60.9 Å². The summed E-state index contributed by atoms with van der Waals surface area (Å²) in [5.74, 6) is -0.511. The van der Waals surface area contributed by atoms with Crippen LogP contribution in [0.4, 0.5) is 17.6 Å². The molecule has 3 nitrogen and oxygen atoms in total. The summed E-state index contributed by atoms with van der Waals surface area (Å²) in [5, 5.41) is 0. The number of allylic oxidation sites excluding steroid dienone is 8. The topological polar surface area (TPSA) is 43.4 Å². The van der Waals surface area contributed by atoms with Crippen LogP contribution < -0.4 is 4.18 Å². The maximum Gasteiger partial charge on any atom is 0.534 e. The molecule has 0 heterocycles. The van der Waals surface area contributed by atoms with Crippen LogP contribution in [0, 0.1) is 5.92 Å². The molecule has 0 saturated heterocycles. The van der Waals surface area contributed by atoms with E-state index in [1.54, 1.807) is 18.2 Å². The zero-order valence-electron chi connectivity index (χ0n) is 21.0. The molecule has 1 aromatic carbocycles. The highest BCUT2D eigenvalue weighted by Gasteiger charge is 2.48. The van der Waals surface area contributed by atoms with Crippen LogP contribution in [0.1, 0.15) is 58.4 Å². The van der Waals surface area contributed by atoms with Crippen molar-refractivity contribution in [2.75, 3.05) is 7.18 Å². The highest BCUT2D eigenvalue weighted by Crippen LogP contribution is 2.42. The van der Waals surface area contributed by atoms with Gasteiger partial charge < -0.3 is 4.18 Å². The molecule has 0 aromatic heterocycles. The second-order valence-electron chi connectivity index (χ2n) is 7.46. The van der Waals surface area contributed by atoms with Gasteiger partial charge in [-0.15, -0.1) is 0 Å². The molecule has 0 radical (unpaired) electrons. The van der Waals surface area contributed by atoms with Crippen LogP contribution in [0.2, 0.25) is 0 Å². The average molecular weight is 517 g/mol. The molecule has 0 amide bonds. The number of halogens is 4. The van der Waals surface area contributed by atoms with E-state index in [0.29, 0.717) is 13.6 Å². The summed E-state index contributed by atoms with van der Waals surface area (Å²) in [7, 11) is -5.23. The SMILES string of the molecule is C=C/C=C(\C(=C)CC)C(c1ccc(OS(=O)(=O)C(F)(F)F)cc1)C(CC)C(/C=C\CC)=C/C.CF. The number of alkyl halides is 4. The Hall–Kier alpha value is -2.61. The molecule has 0 aliphatic heterocycles. The lowest BCUT2D eigenvalue weighted by molar-refractivity contribution is -0.0500. The van der Waals surface area contributed by atoms with E-state index in [-0.39, 0.29) is 11.8 Å². The highest BCUT2D eigenvalue weighted by molar-refractivity contribution is 7.88. The molecule has 2 unspecified atom stereocenters. The Kier molecular flexibility index (Phi) is 14.3. The molecule has 1 rings (SSSR count). The summed E-state index contributed by atoms with van der Waals surface area (Å²) in [6.45, 7) is 16.2. The van der Waals surface area contributed by atoms with Crippen LogP contribution in [0.15, 0.2) is 84.5 Å². The third-order valence-corrected chi connectivity index (χ3v) is 6.32. The largest absolute Gasteiger partial charge is 0.534 e. The minimum Gasteiger partial charge on any atom is -0.376 e. The Labute approximate surface area is 207 Å². The van der Waals surface area contributed by atoms with Crippen molar-refractivity contribution in [2.45, 2.75) is 58.4 Å². The van der Waals surface area contributed by atoms with Gasteiger partial charge in [-0.25, -0.2) is 0 Å². The maximum absolute atomic E-state index is 12.7. The van der Waals surface area contributed by atoms with Gasteiger partial charge in [0.05, 0.1) is 7.18 Å². The first kappa shape index (κ1) is 32.4. The summed E-state index contributed by atoms with van der Waals surface area (Å²) in [6, 6.07) is 5.70. The zero-order chi connectivity index (χ0) is 27.2. The Morgan fingerprint density at radius 3 is 2.09 bits per heavy atom. The third kappa shape index (κ3) is 9.17. The summed E-state index contributed by atoms with van der Waals surface area (Å²) in [5.41, 5.74) is -1.66. The van der Waals surface area contributed by atoms with Crippen molar-refractivity contribution >= 4 is 10.1 Å². The van der Waals surface area contributed by atoms with Crippen molar-refractivity contribution in [2.24, 2.45) is 5.92 Å². The van der Waals surface area contributed by atoms with Crippen molar-refractivity contribution in [3.05, 3.63) is 90.1 Å². The third-order valence-electron chi connectivity index (χ3n) is 5.35. The van der Waals surface area contributed by atoms with Gasteiger partial charge in [0, 0.05) is 5.92 Å². The van der Waals surface area contributed by atoms with Crippen molar-refractivity contribution in [1.82, 2.24) is 0 Å². The van der Waals surface area contributed by atoms with Crippen LogP contribution >= 0.6 is 0 Å². The number of benzene rings is 1. The lowest BCUT2D eigenvalue weighted by atomic mass is 9.72. The first-order valence-corrected chi connectivity index (χ1v) is 12.7. The second kappa shape index (κ2) is 15.4. The molecule has 2 atom stereocenters. The van der Waals surface area contributed by atoms with Crippen LogP contribution in [0.5, 0.6) is 5.75 Å². The van der Waals surface area contributed by atoms with E-state index in [0.717, 1.165) is 35.1 Å². The molecule has 0 N–H and O–H groups in total. The predicted molar refractivity (Wildman–Crippen MR) is 136 cm³/mol. The van der Waals surface area contributed by atoms with Crippen molar-refractivity contribution < 1.29 is 30.2 Å². The molecule has 0 fully saturated rings. The fourth-order valence-corrected chi connectivity index (χ4v) is 4.12. The van der Waals surface area contributed by atoms with Crippen molar-refractivity contribution in [3.63, 3.8) is 0 Å². The van der Waals surface area contributed by atoms with Crippen LogP contribution in [-0.4, -0.2) is 21.1 Å². The monoisotopic (exact) mass is 516 g/mol. The second-order valence-corrected chi connectivity index (χ2v) is 9.00. The van der Waals surface area contributed by atoms with Crippen LogP contribution in [0.25, 0.3) is 0 Å². The average Bonchev–Trinajstić information content (AvgIpc) is 2.83. The van der Waals surface area contributed by atoms with Gasteiger partial charge in [-0.3, -0.25) is 4.39 Å². The Balaban J connectivity index is 0.00000562. The van der Waals surface area contributed by atoms with E-state index >= 15 is 0 Å². The van der Waals surface area contributed by atoms with Gasteiger partial charge in [0.15, 0.2) is 0 Å². The van der Waals surface area contributed by atoms with Crippen LogP contribution in [0.3, 0.4) is 0 Å². The van der Waals surface area contributed by atoms with E-state index in [2.05, 4.69) is 49.4 Å². The Bertz CT molecular complexity index is 1000. The smallest absolute Gasteiger partial charge is 0.376 e. The summed E-state index contributed by atoms with van der Waals surface area (Å²) < 4.78 is 74.5. The lowest BCUT2D eigenvalue weighted by Crippen LogP contribution is -2.28. The standard InChI is InChI=1S/C26H33F3O3S.CH3F/c1-7-12-14-20(10-4)23(11-5)25(24(13-8-2)19(6)9-3)21-15-17-22(18-16-21)32-33(30,31)26(27,28)29;1-2/h8,10,12-18,23,25H,2,6-7,9,11H2,1,3-5H3;1H3/b14-12-,20-10+,24-13+;. The van der Waals surface area contributed by atoms with Crippen molar-refractivity contribution in [3.8, 4) is 5.75 Å². The molecule has 0 saturated carbocycles. The van der Waals surface area contributed by atoms with E-state index < -0.39 is 21.4 Å². The first-order chi connectivity index (χ1) is 16.5. The first-order valence-electron chi connectivity index (χ1n) is 11.3.